The molecule has 0 aliphatic carbocycles. The van der Waals surface area contributed by atoms with Gasteiger partial charge in [-0.25, -0.2) is 25.9 Å². The highest BCUT2D eigenvalue weighted by atomic mass is 32.2. The summed E-state index contributed by atoms with van der Waals surface area (Å²) in [4.78, 5) is -0.0895. The molecule has 0 spiro atoms. The van der Waals surface area contributed by atoms with E-state index in [9.17, 15) is 21.2 Å². The van der Waals surface area contributed by atoms with Gasteiger partial charge in [0.2, 0.25) is 0 Å². The third-order valence-electron chi connectivity index (χ3n) is 3.78. The lowest BCUT2D eigenvalue weighted by Crippen LogP contribution is -2.20. The van der Waals surface area contributed by atoms with Crippen LogP contribution in [-0.4, -0.2) is 38.1 Å². The van der Waals surface area contributed by atoms with Gasteiger partial charge in [-0.05, 0) is 37.6 Å². The maximum atomic E-state index is 13.0. The lowest BCUT2D eigenvalue weighted by Gasteiger charge is -2.14. The molecule has 1 saturated heterocycles. The number of anilines is 1. The predicted octanol–water partition coefficient (Wildman–Crippen LogP) is 1.49. The molecule has 0 unspecified atom stereocenters. The highest BCUT2D eigenvalue weighted by Gasteiger charge is 2.32. The van der Waals surface area contributed by atoms with Crippen molar-refractivity contribution in [3.05, 3.63) is 41.8 Å². The molecule has 2 heterocycles. The van der Waals surface area contributed by atoms with Crippen LogP contribution in [0.5, 0.6) is 0 Å². The van der Waals surface area contributed by atoms with Crippen LogP contribution in [0.1, 0.15) is 18.2 Å². The minimum absolute atomic E-state index is 0.0563. The molecule has 0 amide bonds. The zero-order chi connectivity index (χ0) is 17.5. The van der Waals surface area contributed by atoms with Gasteiger partial charge in [-0.15, -0.1) is 0 Å². The maximum absolute atomic E-state index is 13.0. The van der Waals surface area contributed by atoms with E-state index in [1.165, 1.54) is 10.7 Å². The van der Waals surface area contributed by atoms with E-state index in [0.717, 1.165) is 24.3 Å². The first-order valence-corrected chi connectivity index (χ1v) is 10.5. The van der Waals surface area contributed by atoms with Crippen molar-refractivity contribution in [2.45, 2.75) is 24.3 Å². The van der Waals surface area contributed by atoms with Gasteiger partial charge in [0.05, 0.1) is 28.1 Å². The SMILES string of the molecule is Cc1cc(NS(=O)(=O)c2ccc(F)cc2)n([C@H]2CCS(=O)(=O)C2)n1. The fourth-order valence-electron chi connectivity index (χ4n) is 2.65. The molecule has 1 aliphatic rings. The summed E-state index contributed by atoms with van der Waals surface area (Å²) >= 11 is 0. The van der Waals surface area contributed by atoms with Crippen LogP contribution in [0.4, 0.5) is 10.2 Å². The zero-order valence-corrected chi connectivity index (χ0v) is 14.4. The number of sulfone groups is 1. The summed E-state index contributed by atoms with van der Waals surface area (Å²) in [6.45, 7) is 1.69. The van der Waals surface area contributed by atoms with E-state index in [0.29, 0.717) is 12.1 Å². The lowest BCUT2D eigenvalue weighted by atomic mass is 10.3. The summed E-state index contributed by atoms with van der Waals surface area (Å²) in [6.07, 6.45) is 0.384. The van der Waals surface area contributed by atoms with Crippen molar-refractivity contribution in [1.29, 1.82) is 0 Å². The number of halogens is 1. The van der Waals surface area contributed by atoms with E-state index in [1.807, 2.05) is 0 Å². The van der Waals surface area contributed by atoms with Gasteiger partial charge in [0, 0.05) is 6.07 Å². The van der Waals surface area contributed by atoms with Gasteiger partial charge in [0.25, 0.3) is 10.0 Å². The standard InChI is InChI=1S/C14H16FN3O4S2/c1-10-8-14(18(16-10)12-6-7-23(19,20)9-12)17-24(21,22)13-4-2-11(15)3-5-13/h2-5,8,12,17H,6-7,9H2,1H3/t12-/m0/s1. The third kappa shape index (κ3) is 3.44. The van der Waals surface area contributed by atoms with Crippen LogP contribution in [0.15, 0.2) is 35.2 Å². The van der Waals surface area contributed by atoms with Crippen LogP contribution >= 0.6 is 0 Å². The number of nitrogens with one attached hydrogen (secondary N) is 1. The Morgan fingerprint density at radius 2 is 1.96 bits per heavy atom. The number of aromatic nitrogens is 2. The normalized spacial score (nSPS) is 20.2. The molecule has 0 radical (unpaired) electrons. The predicted molar refractivity (Wildman–Crippen MR) is 86.5 cm³/mol. The van der Waals surface area contributed by atoms with E-state index in [4.69, 9.17) is 0 Å². The van der Waals surface area contributed by atoms with Gasteiger partial charge in [-0.1, -0.05) is 0 Å². The maximum Gasteiger partial charge on any atom is 0.263 e. The monoisotopic (exact) mass is 373 g/mol. The highest BCUT2D eigenvalue weighted by Crippen LogP contribution is 2.28. The molecule has 10 heteroatoms. The number of aryl methyl sites for hydroxylation is 1. The van der Waals surface area contributed by atoms with Gasteiger partial charge in [0.1, 0.15) is 11.6 Å². The third-order valence-corrected chi connectivity index (χ3v) is 6.90. The second-order valence-corrected chi connectivity index (χ2v) is 9.64. The van der Waals surface area contributed by atoms with E-state index < -0.39 is 31.7 Å². The Balaban J connectivity index is 1.92. The number of nitrogens with zero attached hydrogens (tertiary/aromatic N) is 2. The van der Waals surface area contributed by atoms with Crippen molar-refractivity contribution in [1.82, 2.24) is 9.78 Å². The first-order chi connectivity index (χ1) is 11.2. The Kier molecular flexibility index (Phi) is 4.12. The second-order valence-electron chi connectivity index (χ2n) is 5.73. The quantitative estimate of drug-likeness (QED) is 0.876. The summed E-state index contributed by atoms with van der Waals surface area (Å²) in [5.41, 5.74) is 0.566. The Bertz CT molecular complexity index is 966. The van der Waals surface area contributed by atoms with E-state index in [1.54, 1.807) is 6.92 Å². The van der Waals surface area contributed by atoms with Crippen LogP contribution in [0.3, 0.4) is 0 Å². The van der Waals surface area contributed by atoms with Crippen molar-refractivity contribution in [2.75, 3.05) is 16.2 Å². The topological polar surface area (TPSA) is 98.1 Å². The number of hydrogen-bond acceptors (Lipinski definition) is 5. The molecule has 130 valence electrons. The molecular weight excluding hydrogens is 357 g/mol. The van der Waals surface area contributed by atoms with Crippen molar-refractivity contribution in [3.63, 3.8) is 0 Å². The molecule has 2 aromatic rings. The average molecular weight is 373 g/mol. The lowest BCUT2D eigenvalue weighted by molar-refractivity contribution is 0.503. The minimum atomic E-state index is -3.92. The first kappa shape index (κ1) is 16.9. The highest BCUT2D eigenvalue weighted by molar-refractivity contribution is 7.92. The fourth-order valence-corrected chi connectivity index (χ4v) is 5.38. The molecule has 1 aliphatic heterocycles. The number of sulfonamides is 1. The molecule has 1 atom stereocenters. The molecule has 1 N–H and O–H groups in total. The van der Waals surface area contributed by atoms with E-state index in [-0.39, 0.29) is 22.2 Å². The van der Waals surface area contributed by atoms with Gasteiger partial charge >= 0.3 is 0 Å². The number of benzene rings is 1. The average Bonchev–Trinajstić information content (AvgIpc) is 3.01. The van der Waals surface area contributed by atoms with Gasteiger partial charge in [-0.2, -0.15) is 5.10 Å². The number of rotatable bonds is 4. The minimum Gasteiger partial charge on any atom is -0.264 e. The summed E-state index contributed by atoms with van der Waals surface area (Å²) < 4.78 is 64.9. The Labute approximate surface area is 139 Å². The molecular formula is C14H16FN3O4S2. The van der Waals surface area contributed by atoms with Crippen LogP contribution in [-0.2, 0) is 19.9 Å². The van der Waals surface area contributed by atoms with Gasteiger partial charge in [0.15, 0.2) is 9.84 Å². The van der Waals surface area contributed by atoms with Crippen molar-refractivity contribution in [3.8, 4) is 0 Å². The van der Waals surface area contributed by atoms with Crippen LogP contribution < -0.4 is 4.72 Å². The molecule has 24 heavy (non-hydrogen) atoms. The second kappa shape index (κ2) is 5.85. The summed E-state index contributed by atoms with van der Waals surface area (Å²) in [7, 11) is -7.06. The van der Waals surface area contributed by atoms with Gasteiger partial charge in [-0.3, -0.25) is 4.72 Å². The first-order valence-electron chi connectivity index (χ1n) is 7.21. The van der Waals surface area contributed by atoms with Crippen molar-refractivity contribution in [2.24, 2.45) is 0 Å². The summed E-state index contributed by atoms with van der Waals surface area (Å²) in [6, 6.07) is 5.55. The van der Waals surface area contributed by atoms with Crippen LogP contribution in [0.25, 0.3) is 0 Å². The summed E-state index contributed by atoms with van der Waals surface area (Å²) in [5, 5.41) is 4.22. The molecule has 1 aromatic carbocycles. The van der Waals surface area contributed by atoms with E-state index in [2.05, 4.69) is 9.82 Å². The van der Waals surface area contributed by atoms with E-state index >= 15 is 0 Å². The molecule has 7 nitrogen and oxygen atoms in total. The van der Waals surface area contributed by atoms with Gasteiger partial charge < -0.3 is 0 Å². The summed E-state index contributed by atoms with van der Waals surface area (Å²) in [5.74, 6) is -0.356. The largest absolute Gasteiger partial charge is 0.264 e. The Hall–Kier alpha value is -1.94. The zero-order valence-electron chi connectivity index (χ0n) is 12.8. The smallest absolute Gasteiger partial charge is 0.263 e. The van der Waals surface area contributed by atoms with Crippen molar-refractivity contribution < 1.29 is 21.2 Å². The molecule has 1 fully saturated rings. The number of hydrogen-bond donors (Lipinski definition) is 1. The molecule has 0 bridgehead atoms. The van der Waals surface area contributed by atoms with Crippen LogP contribution in [0.2, 0.25) is 0 Å². The molecule has 3 rings (SSSR count). The molecule has 0 saturated carbocycles. The Morgan fingerprint density at radius 1 is 1.29 bits per heavy atom. The Morgan fingerprint density at radius 3 is 2.54 bits per heavy atom. The van der Waals surface area contributed by atoms with Crippen LogP contribution in [0, 0.1) is 12.7 Å². The van der Waals surface area contributed by atoms with Crippen molar-refractivity contribution >= 4 is 25.7 Å². The molecule has 1 aromatic heterocycles. The fraction of sp³-hybridized carbons (Fsp3) is 0.357.